The maximum absolute atomic E-state index is 11.5. The Morgan fingerprint density at radius 3 is 3.06 bits per heavy atom. The van der Waals surface area contributed by atoms with Crippen molar-refractivity contribution in [2.75, 3.05) is 18.1 Å². The average Bonchev–Trinajstić information content (AvgIpc) is 2.73. The first kappa shape index (κ1) is 10.7. The molecule has 1 saturated heterocycles. The van der Waals surface area contributed by atoms with E-state index in [9.17, 15) is 4.79 Å². The second-order valence-electron chi connectivity index (χ2n) is 3.49. The van der Waals surface area contributed by atoms with Crippen LogP contribution in [0.1, 0.15) is 18.5 Å². The highest BCUT2D eigenvalue weighted by atomic mass is 16.2. The monoisotopic (exact) mass is 216 g/mol. The van der Waals surface area contributed by atoms with Crippen molar-refractivity contribution in [1.82, 2.24) is 4.98 Å². The van der Waals surface area contributed by atoms with E-state index in [2.05, 4.69) is 16.8 Å². The maximum atomic E-state index is 11.5. The maximum Gasteiger partial charge on any atom is 0.228 e. The fourth-order valence-corrected chi connectivity index (χ4v) is 1.66. The third kappa shape index (κ3) is 2.20. The SMILES string of the molecule is O=C1CCCN1c1cccc(C#CCO)n1. The molecule has 4 heteroatoms. The van der Waals surface area contributed by atoms with Crippen molar-refractivity contribution in [1.29, 1.82) is 0 Å². The molecular formula is C12H12N2O2. The van der Waals surface area contributed by atoms with Crippen LogP contribution in [0.5, 0.6) is 0 Å². The summed E-state index contributed by atoms with van der Waals surface area (Å²) in [5, 5.41) is 8.58. The van der Waals surface area contributed by atoms with E-state index in [1.165, 1.54) is 0 Å². The smallest absolute Gasteiger partial charge is 0.228 e. The number of hydrogen-bond donors (Lipinski definition) is 1. The Morgan fingerprint density at radius 2 is 2.38 bits per heavy atom. The molecule has 0 radical (unpaired) electrons. The van der Waals surface area contributed by atoms with Gasteiger partial charge in [-0.25, -0.2) is 4.98 Å². The van der Waals surface area contributed by atoms with Gasteiger partial charge in [-0.1, -0.05) is 12.0 Å². The number of aromatic nitrogens is 1. The van der Waals surface area contributed by atoms with Gasteiger partial charge in [-0.15, -0.1) is 0 Å². The van der Waals surface area contributed by atoms with Crippen molar-refractivity contribution < 1.29 is 9.90 Å². The summed E-state index contributed by atoms with van der Waals surface area (Å²) in [6, 6.07) is 5.37. The Balaban J connectivity index is 2.25. The predicted octanol–water partition coefficient (Wildman–Crippen LogP) is 0.552. The van der Waals surface area contributed by atoms with Crippen LogP contribution in [0.4, 0.5) is 5.82 Å². The third-order valence-corrected chi connectivity index (χ3v) is 2.38. The molecule has 0 unspecified atom stereocenters. The second kappa shape index (κ2) is 4.77. The van der Waals surface area contributed by atoms with Gasteiger partial charge in [-0.3, -0.25) is 9.69 Å². The summed E-state index contributed by atoms with van der Waals surface area (Å²) in [5.41, 5.74) is 0.575. The van der Waals surface area contributed by atoms with Gasteiger partial charge in [0.25, 0.3) is 0 Å². The van der Waals surface area contributed by atoms with Crippen LogP contribution >= 0.6 is 0 Å². The molecule has 1 fully saturated rings. The molecule has 1 amide bonds. The predicted molar refractivity (Wildman–Crippen MR) is 59.8 cm³/mol. The minimum atomic E-state index is -0.186. The highest BCUT2D eigenvalue weighted by Crippen LogP contribution is 2.18. The van der Waals surface area contributed by atoms with E-state index in [1.807, 2.05) is 6.07 Å². The largest absolute Gasteiger partial charge is 0.384 e. The molecule has 1 aliphatic heterocycles. The molecule has 82 valence electrons. The summed E-state index contributed by atoms with van der Waals surface area (Å²) in [6.07, 6.45) is 1.47. The van der Waals surface area contributed by atoms with Crippen molar-refractivity contribution in [2.24, 2.45) is 0 Å². The molecular weight excluding hydrogens is 204 g/mol. The number of anilines is 1. The topological polar surface area (TPSA) is 53.4 Å². The van der Waals surface area contributed by atoms with Gasteiger partial charge in [0.2, 0.25) is 5.91 Å². The molecule has 2 rings (SSSR count). The van der Waals surface area contributed by atoms with Gasteiger partial charge >= 0.3 is 0 Å². The van der Waals surface area contributed by atoms with E-state index >= 15 is 0 Å². The number of nitrogens with zero attached hydrogens (tertiary/aromatic N) is 2. The average molecular weight is 216 g/mol. The van der Waals surface area contributed by atoms with Crippen molar-refractivity contribution >= 4 is 11.7 Å². The molecule has 0 spiro atoms. The van der Waals surface area contributed by atoms with Gasteiger partial charge in [-0.2, -0.15) is 0 Å². The zero-order valence-electron chi connectivity index (χ0n) is 8.81. The van der Waals surface area contributed by atoms with Crippen molar-refractivity contribution in [3.05, 3.63) is 23.9 Å². The Kier molecular flexibility index (Phi) is 3.18. The number of carbonyl (C=O) groups excluding carboxylic acids is 1. The van der Waals surface area contributed by atoms with Crippen LogP contribution in [-0.2, 0) is 4.79 Å². The fraction of sp³-hybridized carbons (Fsp3) is 0.333. The second-order valence-corrected chi connectivity index (χ2v) is 3.49. The molecule has 0 aromatic carbocycles. The molecule has 1 aromatic rings. The molecule has 1 N–H and O–H groups in total. The highest BCUT2D eigenvalue weighted by molar-refractivity contribution is 5.94. The lowest BCUT2D eigenvalue weighted by Gasteiger charge is -2.13. The Morgan fingerprint density at radius 1 is 1.50 bits per heavy atom. The van der Waals surface area contributed by atoms with Crippen LogP contribution in [0, 0.1) is 11.8 Å². The molecule has 1 aliphatic rings. The van der Waals surface area contributed by atoms with Crippen LogP contribution < -0.4 is 4.90 Å². The summed E-state index contributed by atoms with van der Waals surface area (Å²) in [5.74, 6) is 6.01. The lowest BCUT2D eigenvalue weighted by Crippen LogP contribution is -2.24. The number of amides is 1. The third-order valence-electron chi connectivity index (χ3n) is 2.38. The zero-order valence-corrected chi connectivity index (χ0v) is 8.81. The van der Waals surface area contributed by atoms with Crippen molar-refractivity contribution in [3.8, 4) is 11.8 Å². The normalized spacial score (nSPS) is 14.8. The van der Waals surface area contributed by atoms with E-state index in [0.717, 1.165) is 13.0 Å². The van der Waals surface area contributed by atoms with Crippen LogP contribution in [-0.4, -0.2) is 29.1 Å². The molecule has 0 bridgehead atoms. The lowest BCUT2D eigenvalue weighted by atomic mass is 10.3. The van der Waals surface area contributed by atoms with E-state index in [1.54, 1.807) is 17.0 Å². The molecule has 0 atom stereocenters. The van der Waals surface area contributed by atoms with Crippen molar-refractivity contribution in [3.63, 3.8) is 0 Å². The first-order valence-electron chi connectivity index (χ1n) is 5.18. The minimum absolute atomic E-state index is 0.111. The van der Waals surface area contributed by atoms with Crippen LogP contribution in [0.2, 0.25) is 0 Å². The summed E-state index contributed by atoms with van der Waals surface area (Å²) in [6.45, 7) is 0.539. The quantitative estimate of drug-likeness (QED) is 0.697. The molecule has 1 aromatic heterocycles. The van der Waals surface area contributed by atoms with Crippen LogP contribution in [0.3, 0.4) is 0 Å². The summed E-state index contributed by atoms with van der Waals surface area (Å²) in [4.78, 5) is 17.4. The summed E-state index contributed by atoms with van der Waals surface area (Å²) >= 11 is 0. The minimum Gasteiger partial charge on any atom is -0.384 e. The number of aliphatic hydroxyl groups is 1. The highest BCUT2D eigenvalue weighted by Gasteiger charge is 2.22. The van der Waals surface area contributed by atoms with Gasteiger partial charge in [-0.05, 0) is 24.5 Å². The van der Waals surface area contributed by atoms with Gasteiger partial charge in [0, 0.05) is 13.0 Å². The molecule has 0 aliphatic carbocycles. The van der Waals surface area contributed by atoms with E-state index in [4.69, 9.17) is 5.11 Å². The van der Waals surface area contributed by atoms with Crippen LogP contribution in [0.15, 0.2) is 18.2 Å². The van der Waals surface area contributed by atoms with E-state index in [0.29, 0.717) is 17.9 Å². The van der Waals surface area contributed by atoms with Crippen LogP contribution in [0.25, 0.3) is 0 Å². The van der Waals surface area contributed by atoms with Gasteiger partial charge in [0.1, 0.15) is 18.1 Å². The Bertz CT molecular complexity index is 460. The van der Waals surface area contributed by atoms with Crippen molar-refractivity contribution in [2.45, 2.75) is 12.8 Å². The number of pyridine rings is 1. The summed E-state index contributed by atoms with van der Waals surface area (Å²) in [7, 11) is 0. The lowest BCUT2D eigenvalue weighted by molar-refractivity contribution is -0.117. The van der Waals surface area contributed by atoms with Gasteiger partial charge < -0.3 is 5.11 Å². The fourth-order valence-electron chi connectivity index (χ4n) is 1.66. The van der Waals surface area contributed by atoms with Gasteiger partial charge in [0.05, 0.1) is 0 Å². The first-order chi connectivity index (χ1) is 7.81. The molecule has 16 heavy (non-hydrogen) atoms. The Labute approximate surface area is 93.9 Å². The van der Waals surface area contributed by atoms with E-state index in [-0.39, 0.29) is 12.5 Å². The number of aliphatic hydroxyl groups excluding tert-OH is 1. The zero-order chi connectivity index (χ0) is 11.4. The standard InChI is InChI=1S/C12H12N2O2/c15-9-3-5-10-4-1-6-11(13-10)14-8-2-7-12(14)16/h1,4,6,15H,2,7-9H2. The molecule has 4 nitrogen and oxygen atoms in total. The first-order valence-corrected chi connectivity index (χ1v) is 5.18. The number of hydrogen-bond acceptors (Lipinski definition) is 3. The van der Waals surface area contributed by atoms with Gasteiger partial charge in [0.15, 0.2) is 0 Å². The number of rotatable bonds is 1. The van der Waals surface area contributed by atoms with E-state index < -0.39 is 0 Å². The Hall–Kier alpha value is -1.86. The molecule has 2 heterocycles. The number of carbonyl (C=O) groups is 1. The summed E-state index contributed by atoms with van der Waals surface area (Å²) < 4.78 is 0. The molecule has 0 saturated carbocycles.